The number of aromatic amines is 1. The van der Waals surface area contributed by atoms with Crippen molar-refractivity contribution >= 4 is 21.4 Å². The molecule has 2 heterocycles. The molecule has 3 nitrogen and oxygen atoms in total. The van der Waals surface area contributed by atoms with Crippen molar-refractivity contribution in [3.05, 3.63) is 60.0 Å². The second-order valence-electron chi connectivity index (χ2n) is 4.52. The van der Waals surface area contributed by atoms with Gasteiger partial charge in [0.25, 0.3) is 0 Å². The van der Waals surface area contributed by atoms with Crippen LogP contribution >= 0.6 is 11.3 Å². The van der Waals surface area contributed by atoms with Gasteiger partial charge < -0.3 is 0 Å². The molecule has 0 spiro atoms. The Labute approximate surface area is 119 Å². The number of nitrogens with one attached hydrogen (secondary N) is 1. The average Bonchev–Trinajstić information content (AvgIpc) is 3.14. The van der Waals surface area contributed by atoms with Crippen LogP contribution in [0.2, 0.25) is 0 Å². The summed E-state index contributed by atoms with van der Waals surface area (Å²) < 4.78 is 1.26. The molecule has 0 radical (unpaired) electrons. The lowest BCUT2D eigenvalue weighted by atomic mass is 10.1. The van der Waals surface area contributed by atoms with Crippen LogP contribution in [0, 0.1) is 0 Å². The fraction of sp³-hybridized carbons (Fsp3) is 0. The number of thiophene rings is 1. The molecule has 0 fully saturated rings. The molecule has 2 aromatic heterocycles. The van der Waals surface area contributed by atoms with Crippen molar-refractivity contribution in [3.8, 4) is 22.8 Å². The van der Waals surface area contributed by atoms with Crippen LogP contribution in [-0.2, 0) is 0 Å². The quantitative estimate of drug-likeness (QED) is 0.591. The molecular formula is C16H11N3S. The monoisotopic (exact) mass is 277 g/mol. The third kappa shape index (κ3) is 1.82. The summed E-state index contributed by atoms with van der Waals surface area (Å²) in [5.41, 5.74) is 2.13. The van der Waals surface area contributed by atoms with E-state index in [1.165, 1.54) is 10.1 Å². The predicted octanol–water partition coefficient (Wildman–Crippen LogP) is 4.35. The summed E-state index contributed by atoms with van der Waals surface area (Å²) in [5.74, 6) is 1.55. The van der Waals surface area contributed by atoms with Gasteiger partial charge in [-0.1, -0.05) is 48.5 Å². The van der Waals surface area contributed by atoms with Gasteiger partial charge in [-0.2, -0.15) is 5.10 Å². The molecule has 0 aliphatic rings. The number of nitrogens with zero attached hydrogens (tertiary/aromatic N) is 2. The number of fused-ring (bicyclic) bond motifs is 1. The molecule has 1 N–H and O–H groups in total. The fourth-order valence-corrected chi connectivity index (χ4v) is 3.21. The Bertz CT molecular complexity index is 861. The zero-order valence-corrected chi connectivity index (χ0v) is 11.4. The molecule has 4 heteroatoms. The van der Waals surface area contributed by atoms with E-state index in [2.05, 4.69) is 38.8 Å². The Morgan fingerprint density at radius 3 is 2.60 bits per heavy atom. The van der Waals surface area contributed by atoms with Crippen LogP contribution in [0.1, 0.15) is 0 Å². The second kappa shape index (κ2) is 4.58. The Hall–Kier alpha value is -2.46. The Morgan fingerprint density at radius 1 is 0.900 bits per heavy atom. The highest BCUT2D eigenvalue weighted by molar-refractivity contribution is 7.17. The van der Waals surface area contributed by atoms with E-state index < -0.39 is 0 Å². The summed E-state index contributed by atoms with van der Waals surface area (Å²) in [6, 6.07) is 18.3. The van der Waals surface area contributed by atoms with E-state index in [1.807, 2.05) is 36.4 Å². The summed E-state index contributed by atoms with van der Waals surface area (Å²) in [7, 11) is 0. The molecule has 96 valence electrons. The van der Waals surface area contributed by atoms with Gasteiger partial charge in [0.1, 0.15) is 0 Å². The number of aromatic nitrogens is 3. The van der Waals surface area contributed by atoms with Crippen molar-refractivity contribution in [2.45, 2.75) is 0 Å². The molecule has 0 saturated heterocycles. The van der Waals surface area contributed by atoms with Crippen LogP contribution in [0.25, 0.3) is 32.9 Å². The lowest BCUT2D eigenvalue weighted by Gasteiger charge is -1.94. The van der Waals surface area contributed by atoms with Crippen molar-refractivity contribution in [2.24, 2.45) is 0 Å². The first kappa shape index (κ1) is 11.4. The summed E-state index contributed by atoms with van der Waals surface area (Å²) in [6.45, 7) is 0. The van der Waals surface area contributed by atoms with Gasteiger partial charge in [-0.15, -0.1) is 11.3 Å². The molecule has 0 unspecified atom stereocenters. The van der Waals surface area contributed by atoms with Gasteiger partial charge in [-0.25, -0.2) is 4.98 Å². The van der Waals surface area contributed by atoms with Crippen LogP contribution in [0.5, 0.6) is 0 Å². The number of hydrogen-bond acceptors (Lipinski definition) is 3. The Morgan fingerprint density at radius 2 is 1.70 bits per heavy atom. The van der Waals surface area contributed by atoms with Crippen molar-refractivity contribution < 1.29 is 0 Å². The first-order valence-electron chi connectivity index (χ1n) is 6.36. The average molecular weight is 277 g/mol. The van der Waals surface area contributed by atoms with Crippen molar-refractivity contribution in [1.29, 1.82) is 0 Å². The number of hydrogen-bond donors (Lipinski definition) is 1. The number of benzene rings is 2. The van der Waals surface area contributed by atoms with Crippen molar-refractivity contribution in [1.82, 2.24) is 15.2 Å². The van der Waals surface area contributed by atoms with Gasteiger partial charge in [0.2, 0.25) is 0 Å². The van der Waals surface area contributed by atoms with E-state index in [1.54, 1.807) is 11.3 Å². The smallest absolute Gasteiger partial charge is 0.181 e. The van der Waals surface area contributed by atoms with Gasteiger partial charge in [-0.05, 0) is 6.07 Å². The summed E-state index contributed by atoms with van der Waals surface area (Å²) in [5, 5.41) is 10.7. The molecule has 20 heavy (non-hydrogen) atoms. The molecule has 0 bridgehead atoms. The van der Waals surface area contributed by atoms with E-state index in [4.69, 9.17) is 0 Å². The predicted molar refractivity (Wildman–Crippen MR) is 82.6 cm³/mol. The standard InChI is InChI=1S/C16H11N3S/c1-2-6-11(7-3-1)15-17-16(19-18-15)13-10-20-14-9-5-4-8-12(13)14/h1-10H,(H,17,18,19). The maximum Gasteiger partial charge on any atom is 0.181 e. The van der Waals surface area contributed by atoms with Gasteiger partial charge in [0.05, 0.1) is 0 Å². The normalized spacial score (nSPS) is 11.0. The van der Waals surface area contributed by atoms with Gasteiger partial charge in [-0.3, -0.25) is 5.10 Å². The molecule has 4 aromatic rings. The highest BCUT2D eigenvalue weighted by Gasteiger charge is 2.11. The van der Waals surface area contributed by atoms with E-state index in [0.29, 0.717) is 0 Å². The fourth-order valence-electron chi connectivity index (χ4n) is 2.26. The molecule has 0 aliphatic heterocycles. The van der Waals surface area contributed by atoms with Crippen LogP contribution in [0.15, 0.2) is 60.0 Å². The van der Waals surface area contributed by atoms with E-state index in [-0.39, 0.29) is 0 Å². The van der Waals surface area contributed by atoms with E-state index in [0.717, 1.165) is 22.8 Å². The summed E-state index contributed by atoms with van der Waals surface area (Å²) >= 11 is 1.73. The third-order valence-electron chi connectivity index (χ3n) is 3.25. The van der Waals surface area contributed by atoms with E-state index >= 15 is 0 Å². The van der Waals surface area contributed by atoms with Crippen LogP contribution < -0.4 is 0 Å². The number of H-pyrrole nitrogens is 1. The van der Waals surface area contributed by atoms with Crippen molar-refractivity contribution in [3.63, 3.8) is 0 Å². The van der Waals surface area contributed by atoms with Crippen LogP contribution in [-0.4, -0.2) is 15.2 Å². The second-order valence-corrected chi connectivity index (χ2v) is 5.43. The minimum Gasteiger partial charge on any atom is -0.259 e. The maximum absolute atomic E-state index is 4.61. The SMILES string of the molecule is c1ccc(-c2n[nH]c(-c3csc4ccccc34)n2)cc1. The van der Waals surface area contributed by atoms with Crippen LogP contribution in [0.3, 0.4) is 0 Å². The molecule has 0 amide bonds. The minimum absolute atomic E-state index is 0.732. The highest BCUT2D eigenvalue weighted by Crippen LogP contribution is 2.32. The topological polar surface area (TPSA) is 41.6 Å². The zero-order valence-electron chi connectivity index (χ0n) is 10.6. The first-order chi connectivity index (χ1) is 9.92. The maximum atomic E-state index is 4.61. The van der Waals surface area contributed by atoms with Gasteiger partial charge >= 0.3 is 0 Å². The molecular weight excluding hydrogens is 266 g/mol. The zero-order chi connectivity index (χ0) is 13.4. The molecule has 0 atom stereocenters. The lowest BCUT2D eigenvalue weighted by molar-refractivity contribution is 1.10. The molecule has 4 rings (SSSR count). The largest absolute Gasteiger partial charge is 0.259 e. The first-order valence-corrected chi connectivity index (χ1v) is 7.24. The van der Waals surface area contributed by atoms with E-state index in [9.17, 15) is 0 Å². The summed E-state index contributed by atoms with van der Waals surface area (Å²) in [6.07, 6.45) is 0. The third-order valence-corrected chi connectivity index (χ3v) is 4.22. The summed E-state index contributed by atoms with van der Waals surface area (Å²) in [4.78, 5) is 4.61. The number of rotatable bonds is 2. The minimum atomic E-state index is 0.732. The Kier molecular flexibility index (Phi) is 2.60. The molecule has 0 aliphatic carbocycles. The molecule has 2 aromatic carbocycles. The van der Waals surface area contributed by atoms with Gasteiger partial charge in [0.15, 0.2) is 11.6 Å². The van der Waals surface area contributed by atoms with Crippen LogP contribution in [0.4, 0.5) is 0 Å². The lowest BCUT2D eigenvalue weighted by Crippen LogP contribution is -1.79. The van der Waals surface area contributed by atoms with Gasteiger partial charge in [0, 0.05) is 26.6 Å². The van der Waals surface area contributed by atoms with Crippen molar-refractivity contribution in [2.75, 3.05) is 0 Å². The Balaban J connectivity index is 1.82. The highest BCUT2D eigenvalue weighted by atomic mass is 32.1. The molecule has 0 saturated carbocycles.